The highest BCUT2D eigenvalue weighted by Crippen LogP contribution is 2.23. The minimum Gasteiger partial charge on any atom is -0.498 e. The molecule has 0 aliphatic carbocycles. The van der Waals surface area contributed by atoms with Crippen molar-refractivity contribution in [3.8, 4) is 0 Å². The van der Waals surface area contributed by atoms with Gasteiger partial charge in [-0.1, -0.05) is 0 Å². The maximum absolute atomic E-state index is 5.52. The molecule has 0 saturated carbocycles. The molecule has 0 aromatic heterocycles. The van der Waals surface area contributed by atoms with Crippen LogP contribution in [0.2, 0.25) is 0 Å². The van der Waals surface area contributed by atoms with Gasteiger partial charge in [0.1, 0.15) is 20.2 Å². The fourth-order valence-corrected chi connectivity index (χ4v) is 1.03. The van der Waals surface area contributed by atoms with Crippen LogP contribution in [0.15, 0.2) is 11.5 Å². The molecule has 11 heavy (non-hydrogen) atoms. The molecule has 1 atom stereocenters. The number of ether oxygens (including phenoxy) is 3. The lowest BCUT2D eigenvalue weighted by molar-refractivity contribution is 0.130. The summed E-state index contributed by atoms with van der Waals surface area (Å²) in [6.45, 7) is 0.427. The molecular formula is C7H11BO3. The van der Waals surface area contributed by atoms with Crippen molar-refractivity contribution in [2.75, 3.05) is 20.8 Å². The second-order valence-corrected chi connectivity index (χ2v) is 2.34. The SMILES string of the molecule is [B][C@H]1CC(OC)=C(COC)O1. The van der Waals surface area contributed by atoms with Gasteiger partial charge in [-0.15, -0.1) is 0 Å². The molecule has 0 saturated heterocycles. The van der Waals surface area contributed by atoms with Gasteiger partial charge in [0.05, 0.1) is 13.1 Å². The van der Waals surface area contributed by atoms with Crippen LogP contribution >= 0.6 is 0 Å². The minimum atomic E-state index is -0.268. The monoisotopic (exact) mass is 154 g/mol. The van der Waals surface area contributed by atoms with Crippen LogP contribution in [0.1, 0.15) is 6.42 Å². The zero-order valence-corrected chi connectivity index (χ0v) is 6.79. The maximum Gasteiger partial charge on any atom is 0.158 e. The Balaban J connectivity index is 2.56. The Morgan fingerprint density at radius 2 is 2.36 bits per heavy atom. The molecule has 1 rings (SSSR count). The van der Waals surface area contributed by atoms with Gasteiger partial charge in [-0.3, -0.25) is 0 Å². The molecule has 0 fully saturated rings. The summed E-state index contributed by atoms with van der Waals surface area (Å²) in [4.78, 5) is 0. The van der Waals surface area contributed by atoms with Gasteiger partial charge in [0.25, 0.3) is 0 Å². The summed E-state index contributed by atoms with van der Waals surface area (Å²) in [6.07, 6.45) is 0.634. The minimum absolute atomic E-state index is 0.268. The Labute approximate surface area is 67.7 Å². The van der Waals surface area contributed by atoms with Crippen molar-refractivity contribution in [3.05, 3.63) is 11.5 Å². The number of hydrogen-bond donors (Lipinski definition) is 0. The first-order valence-electron chi connectivity index (χ1n) is 3.45. The van der Waals surface area contributed by atoms with E-state index in [1.54, 1.807) is 14.2 Å². The van der Waals surface area contributed by atoms with Crippen LogP contribution < -0.4 is 0 Å². The third-order valence-electron chi connectivity index (χ3n) is 1.51. The van der Waals surface area contributed by atoms with E-state index in [2.05, 4.69) is 0 Å². The van der Waals surface area contributed by atoms with E-state index in [4.69, 9.17) is 22.1 Å². The molecule has 0 amide bonds. The fraction of sp³-hybridized carbons (Fsp3) is 0.714. The van der Waals surface area contributed by atoms with Crippen molar-refractivity contribution >= 4 is 7.85 Å². The molecule has 2 radical (unpaired) electrons. The first-order valence-corrected chi connectivity index (χ1v) is 3.45. The molecule has 3 nitrogen and oxygen atoms in total. The lowest BCUT2D eigenvalue weighted by Gasteiger charge is -2.05. The molecular weight excluding hydrogens is 143 g/mol. The molecule has 0 aromatic carbocycles. The van der Waals surface area contributed by atoms with Crippen LogP contribution in [0.3, 0.4) is 0 Å². The summed E-state index contributed by atoms with van der Waals surface area (Å²) in [5, 5.41) is 0. The highest BCUT2D eigenvalue weighted by atomic mass is 16.6. The summed E-state index contributed by atoms with van der Waals surface area (Å²) >= 11 is 0. The summed E-state index contributed by atoms with van der Waals surface area (Å²) in [7, 11) is 8.73. The van der Waals surface area contributed by atoms with E-state index < -0.39 is 0 Å². The first kappa shape index (κ1) is 8.46. The third kappa shape index (κ3) is 1.90. The number of rotatable bonds is 3. The van der Waals surface area contributed by atoms with E-state index in [0.29, 0.717) is 18.8 Å². The van der Waals surface area contributed by atoms with Crippen molar-refractivity contribution in [3.63, 3.8) is 0 Å². The molecule has 4 heteroatoms. The predicted octanol–water partition coefficient (Wildman–Crippen LogP) is 0.406. The average molecular weight is 154 g/mol. The Morgan fingerprint density at radius 1 is 1.64 bits per heavy atom. The van der Waals surface area contributed by atoms with Crippen LogP contribution in [0.5, 0.6) is 0 Å². The quantitative estimate of drug-likeness (QED) is 0.550. The molecule has 0 spiro atoms. The lowest BCUT2D eigenvalue weighted by Crippen LogP contribution is -2.06. The average Bonchev–Trinajstić information content (AvgIpc) is 2.32. The fourth-order valence-electron chi connectivity index (χ4n) is 1.03. The summed E-state index contributed by atoms with van der Waals surface area (Å²) in [6, 6.07) is -0.268. The van der Waals surface area contributed by atoms with Gasteiger partial charge in [0.2, 0.25) is 0 Å². The second-order valence-electron chi connectivity index (χ2n) is 2.34. The maximum atomic E-state index is 5.52. The van der Waals surface area contributed by atoms with Gasteiger partial charge in [0.15, 0.2) is 5.76 Å². The van der Waals surface area contributed by atoms with Crippen molar-refractivity contribution < 1.29 is 14.2 Å². The normalized spacial score (nSPS) is 23.6. The van der Waals surface area contributed by atoms with E-state index in [-0.39, 0.29) is 6.00 Å². The Kier molecular flexibility index (Phi) is 2.82. The molecule has 0 N–H and O–H groups in total. The van der Waals surface area contributed by atoms with Gasteiger partial charge in [0, 0.05) is 13.5 Å². The smallest absolute Gasteiger partial charge is 0.158 e. The zero-order chi connectivity index (χ0) is 8.27. The Hall–Kier alpha value is -0.635. The number of methoxy groups -OCH3 is 2. The van der Waals surface area contributed by atoms with Crippen molar-refractivity contribution in [2.24, 2.45) is 0 Å². The first-order chi connectivity index (χ1) is 5.27. The summed E-state index contributed by atoms with van der Waals surface area (Å²) in [5.74, 6) is 1.50. The van der Waals surface area contributed by atoms with E-state index >= 15 is 0 Å². The van der Waals surface area contributed by atoms with E-state index in [1.165, 1.54) is 0 Å². The van der Waals surface area contributed by atoms with Crippen molar-refractivity contribution in [1.29, 1.82) is 0 Å². The molecule has 60 valence electrons. The molecule has 0 aromatic rings. The standard InChI is InChI=1S/C7H11BO3/c1-9-4-6-5(10-2)3-7(8)11-6/h7H,3-4H2,1-2H3/t7-/m1/s1. The van der Waals surface area contributed by atoms with Crippen molar-refractivity contribution in [2.45, 2.75) is 12.4 Å². The van der Waals surface area contributed by atoms with Crippen LogP contribution in [-0.4, -0.2) is 34.7 Å². The van der Waals surface area contributed by atoms with Gasteiger partial charge in [-0.25, -0.2) is 0 Å². The number of hydrogen-bond acceptors (Lipinski definition) is 3. The van der Waals surface area contributed by atoms with Gasteiger partial charge < -0.3 is 14.2 Å². The summed E-state index contributed by atoms with van der Waals surface area (Å²) < 4.78 is 15.1. The van der Waals surface area contributed by atoms with Crippen molar-refractivity contribution in [1.82, 2.24) is 0 Å². The van der Waals surface area contributed by atoms with Crippen LogP contribution in [-0.2, 0) is 14.2 Å². The highest BCUT2D eigenvalue weighted by Gasteiger charge is 2.22. The predicted molar refractivity (Wildman–Crippen MR) is 41.2 cm³/mol. The van der Waals surface area contributed by atoms with E-state index in [0.717, 1.165) is 5.76 Å². The molecule has 1 aliphatic rings. The highest BCUT2D eigenvalue weighted by molar-refractivity contribution is 6.11. The van der Waals surface area contributed by atoms with E-state index in [9.17, 15) is 0 Å². The van der Waals surface area contributed by atoms with E-state index in [1.807, 2.05) is 0 Å². The van der Waals surface area contributed by atoms with Crippen LogP contribution in [0.25, 0.3) is 0 Å². The molecule has 1 aliphatic heterocycles. The van der Waals surface area contributed by atoms with Gasteiger partial charge in [-0.05, 0) is 0 Å². The van der Waals surface area contributed by atoms with Gasteiger partial charge >= 0.3 is 0 Å². The molecule has 1 heterocycles. The zero-order valence-electron chi connectivity index (χ0n) is 6.79. The largest absolute Gasteiger partial charge is 0.498 e. The lowest BCUT2D eigenvalue weighted by atomic mass is 9.98. The molecule has 0 bridgehead atoms. The summed E-state index contributed by atoms with van der Waals surface area (Å²) in [5.41, 5.74) is 0. The van der Waals surface area contributed by atoms with Gasteiger partial charge in [-0.2, -0.15) is 0 Å². The Bertz CT molecular complexity index is 167. The Morgan fingerprint density at radius 3 is 2.91 bits per heavy atom. The third-order valence-corrected chi connectivity index (χ3v) is 1.51. The topological polar surface area (TPSA) is 27.7 Å². The second kappa shape index (κ2) is 3.67. The van der Waals surface area contributed by atoms with Crippen LogP contribution in [0, 0.1) is 0 Å². The molecule has 0 unspecified atom stereocenters. The van der Waals surface area contributed by atoms with Crippen LogP contribution in [0.4, 0.5) is 0 Å².